The van der Waals surface area contributed by atoms with E-state index in [1.807, 2.05) is 68.6 Å². The van der Waals surface area contributed by atoms with Gasteiger partial charge in [-0.1, -0.05) is 73.7 Å². The van der Waals surface area contributed by atoms with Crippen molar-refractivity contribution in [2.75, 3.05) is 0 Å². The van der Waals surface area contributed by atoms with Crippen molar-refractivity contribution in [2.45, 2.75) is 44.2 Å². The van der Waals surface area contributed by atoms with Gasteiger partial charge in [0.1, 0.15) is 0 Å². The third kappa shape index (κ3) is 3.77. The first kappa shape index (κ1) is 26.4. The molecule has 0 radical (unpaired) electrons. The lowest BCUT2D eigenvalue weighted by Gasteiger charge is -2.56. The Bertz CT molecular complexity index is 2090. The molecule has 1 aliphatic heterocycles. The van der Waals surface area contributed by atoms with E-state index < -0.39 is 11.1 Å². The Morgan fingerprint density at radius 2 is 1.48 bits per heavy atom. The molecule has 8 rings (SSSR count). The van der Waals surface area contributed by atoms with E-state index >= 15 is 0 Å². The molecule has 1 aliphatic carbocycles. The van der Waals surface area contributed by atoms with Gasteiger partial charge in [-0.05, 0) is 42.7 Å². The van der Waals surface area contributed by atoms with Crippen molar-refractivity contribution >= 4 is 28.5 Å². The fourth-order valence-electron chi connectivity index (χ4n) is 7.01. The lowest BCUT2D eigenvalue weighted by Crippen LogP contribution is -2.64. The summed E-state index contributed by atoms with van der Waals surface area (Å²) in [7, 11) is 0. The Hall–Kier alpha value is -5.21. The van der Waals surface area contributed by atoms with Crippen LogP contribution in [0.25, 0.3) is 39.1 Å². The van der Waals surface area contributed by atoms with E-state index in [1.54, 1.807) is 28.8 Å². The van der Waals surface area contributed by atoms with E-state index in [0.717, 1.165) is 44.7 Å². The fourth-order valence-corrected chi connectivity index (χ4v) is 7.01. The molecule has 44 heavy (non-hydrogen) atoms. The maximum Gasteiger partial charge on any atom is 0.262 e. The van der Waals surface area contributed by atoms with Gasteiger partial charge in [0.2, 0.25) is 0 Å². The topological polar surface area (TPSA) is 101 Å². The van der Waals surface area contributed by atoms with Crippen LogP contribution in [0.15, 0.2) is 97.2 Å². The average molecular weight is 580 g/mol. The molecule has 0 saturated heterocycles. The first-order valence-electron chi connectivity index (χ1n) is 14.8. The van der Waals surface area contributed by atoms with Crippen molar-refractivity contribution in [1.29, 1.82) is 0 Å². The van der Waals surface area contributed by atoms with Gasteiger partial charge in [0, 0.05) is 41.6 Å². The number of aryl methyl sites for hydroxylation is 1. The Morgan fingerprint density at radius 1 is 0.818 bits per heavy atom. The molecule has 3 aromatic carbocycles. The number of hydrogen-bond acceptors (Lipinski definition) is 6. The number of imide groups is 1. The van der Waals surface area contributed by atoms with Crippen LogP contribution in [0.3, 0.4) is 0 Å². The lowest BCUT2D eigenvalue weighted by molar-refractivity contribution is -0.132. The molecule has 3 aromatic heterocycles. The van der Waals surface area contributed by atoms with Gasteiger partial charge in [-0.2, -0.15) is 9.61 Å². The summed E-state index contributed by atoms with van der Waals surface area (Å²) in [5.41, 5.74) is 5.66. The molecule has 4 heterocycles. The molecule has 0 spiro atoms. The molecule has 2 amide bonds. The van der Waals surface area contributed by atoms with Crippen LogP contribution in [0.5, 0.6) is 0 Å². The number of aromatic nitrogens is 4. The molecule has 8 nitrogen and oxygen atoms in total. The highest BCUT2D eigenvalue weighted by Gasteiger charge is 2.61. The highest BCUT2D eigenvalue weighted by Crippen LogP contribution is 2.56. The second-order valence-electron chi connectivity index (χ2n) is 12.0. The van der Waals surface area contributed by atoms with Gasteiger partial charge >= 0.3 is 0 Å². The predicted molar refractivity (Wildman–Crippen MR) is 167 cm³/mol. The molecule has 6 aromatic rings. The quantitative estimate of drug-likeness (QED) is 0.239. The van der Waals surface area contributed by atoms with E-state index in [4.69, 9.17) is 4.98 Å². The number of fused-ring (bicyclic) bond motifs is 4. The highest BCUT2D eigenvalue weighted by molar-refractivity contribution is 6.22. The normalized spacial score (nSPS) is 21.2. The zero-order valence-corrected chi connectivity index (χ0v) is 24.4. The summed E-state index contributed by atoms with van der Waals surface area (Å²) in [4.78, 5) is 38.4. The summed E-state index contributed by atoms with van der Waals surface area (Å²) in [6.07, 6.45) is 2.94. The van der Waals surface area contributed by atoms with Crippen LogP contribution in [-0.2, 0) is 5.54 Å². The highest BCUT2D eigenvalue weighted by atomic mass is 16.3. The van der Waals surface area contributed by atoms with Crippen molar-refractivity contribution < 1.29 is 14.7 Å². The molecule has 8 heteroatoms. The van der Waals surface area contributed by atoms with Crippen LogP contribution in [0.4, 0.5) is 0 Å². The maximum absolute atomic E-state index is 13.6. The Balaban J connectivity index is 1.27. The molecule has 1 saturated carbocycles. The van der Waals surface area contributed by atoms with Gasteiger partial charge in [0.05, 0.1) is 33.7 Å². The predicted octanol–water partition coefficient (Wildman–Crippen LogP) is 6.35. The number of rotatable bonds is 5. The maximum atomic E-state index is 13.6. The third-order valence-electron chi connectivity index (χ3n) is 9.28. The smallest absolute Gasteiger partial charge is 0.262 e. The second-order valence-corrected chi connectivity index (χ2v) is 12.0. The van der Waals surface area contributed by atoms with Crippen molar-refractivity contribution in [3.05, 3.63) is 120 Å². The number of nitrogens with zero attached hydrogens (tertiary/aromatic N) is 5. The van der Waals surface area contributed by atoms with E-state index in [-0.39, 0.29) is 24.7 Å². The van der Waals surface area contributed by atoms with Crippen molar-refractivity contribution in [2.24, 2.45) is 0 Å². The first-order chi connectivity index (χ1) is 21.3. The van der Waals surface area contributed by atoms with Crippen LogP contribution in [0, 0.1) is 6.92 Å². The molecular formula is C36H29N5O3. The zero-order valence-electron chi connectivity index (χ0n) is 24.4. The SMILES string of the molecule is CCC1(O)CC(c2ccc(-c3nc4c(cnc5cc(C)nn54)cc3-c3ccccc3)cc2)(N2C(=O)c3ccccc3C2=O)C1. The minimum atomic E-state index is -0.949. The van der Waals surface area contributed by atoms with Crippen LogP contribution >= 0.6 is 0 Å². The summed E-state index contributed by atoms with van der Waals surface area (Å²) in [5.74, 6) is -0.634. The summed E-state index contributed by atoms with van der Waals surface area (Å²) in [5, 5.41) is 16.7. The Kier molecular flexibility index (Phi) is 5.64. The number of pyridine rings is 1. The summed E-state index contributed by atoms with van der Waals surface area (Å²) in [6, 6.07) is 29.0. The second kappa shape index (κ2) is 9.39. The minimum absolute atomic E-state index is 0.286. The summed E-state index contributed by atoms with van der Waals surface area (Å²) >= 11 is 0. The van der Waals surface area contributed by atoms with Crippen molar-refractivity contribution in [1.82, 2.24) is 24.5 Å². The van der Waals surface area contributed by atoms with Gasteiger partial charge < -0.3 is 5.11 Å². The van der Waals surface area contributed by atoms with Gasteiger partial charge in [-0.3, -0.25) is 14.5 Å². The Labute approximate surface area is 253 Å². The zero-order chi connectivity index (χ0) is 30.2. The van der Waals surface area contributed by atoms with E-state index in [1.165, 1.54) is 4.90 Å². The molecule has 0 bridgehead atoms. The van der Waals surface area contributed by atoms with E-state index in [9.17, 15) is 14.7 Å². The molecule has 1 N–H and O–H groups in total. The van der Waals surface area contributed by atoms with Gasteiger partial charge in [-0.15, -0.1) is 0 Å². The van der Waals surface area contributed by atoms with Crippen LogP contribution in [0.2, 0.25) is 0 Å². The lowest BCUT2D eigenvalue weighted by atomic mass is 9.59. The summed E-state index contributed by atoms with van der Waals surface area (Å²) in [6.45, 7) is 3.86. The monoisotopic (exact) mass is 579 g/mol. The van der Waals surface area contributed by atoms with Crippen LogP contribution < -0.4 is 0 Å². The minimum Gasteiger partial charge on any atom is -0.390 e. The number of carbonyl (C=O) groups is 2. The van der Waals surface area contributed by atoms with Crippen LogP contribution in [-0.4, -0.2) is 47.0 Å². The Morgan fingerprint density at radius 3 is 2.14 bits per heavy atom. The molecular weight excluding hydrogens is 550 g/mol. The number of amides is 2. The van der Waals surface area contributed by atoms with E-state index in [2.05, 4.69) is 28.3 Å². The van der Waals surface area contributed by atoms with Crippen molar-refractivity contribution in [3.63, 3.8) is 0 Å². The molecule has 0 atom stereocenters. The largest absolute Gasteiger partial charge is 0.390 e. The molecule has 216 valence electrons. The average Bonchev–Trinajstić information content (AvgIpc) is 3.55. The number of hydrogen-bond donors (Lipinski definition) is 1. The van der Waals surface area contributed by atoms with Gasteiger partial charge in [0.25, 0.3) is 11.8 Å². The van der Waals surface area contributed by atoms with Gasteiger partial charge in [-0.25, -0.2) is 9.97 Å². The number of carbonyl (C=O) groups excluding carboxylic acids is 2. The molecule has 0 unspecified atom stereocenters. The van der Waals surface area contributed by atoms with Crippen molar-refractivity contribution in [3.8, 4) is 22.4 Å². The number of benzene rings is 3. The first-order valence-corrected chi connectivity index (χ1v) is 14.8. The van der Waals surface area contributed by atoms with Crippen LogP contribution in [0.1, 0.15) is 58.2 Å². The standard InChI is InChI=1S/C36H29N5O3/c1-3-35(44)20-36(21-35,40-33(42)27-11-7-8-12-28(27)34(40)43)26-15-13-24(14-16-26)31-29(23-9-5-4-6-10-23)18-25-19-37-30-17-22(2)39-41(30)32(25)38-31/h4-19,44H,3,20-21H2,1-2H3. The number of aliphatic hydroxyl groups is 1. The van der Waals surface area contributed by atoms with E-state index in [0.29, 0.717) is 23.2 Å². The molecule has 1 fully saturated rings. The summed E-state index contributed by atoms with van der Waals surface area (Å²) < 4.78 is 1.77. The molecule has 2 aliphatic rings. The van der Waals surface area contributed by atoms with Gasteiger partial charge in [0.15, 0.2) is 11.3 Å². The third-order valence-corrected chi connectivity index (χ3v) is 9.28. The fraction of sp³-hybridized carbons (Fsp3) is 0.194.